The van der Waals surface area contributed by atoms with Crippen molar-refractivity contribution in [2.45, 2.75) is 119 Å². The minimum Gasteiger partial charge on any atom is -0.481 e. The second-order valence-corrected chi connectivity index (χ2v) is 7.76. The van der Waals surface area contributed by atoms with Crippen molar-refractivity contribution in [3.63, 3.8) is 0 Å². The Kier molecular flexibility index (Phi) is 26.1. The van der Waals surface area contributed by atoms with Gasteiger partial charge in [0, 0.05) is 0 Å². The molecule has 3 atom stereocenters. The molecule has 180 valence electrons. The minimum atomic E-state index is -0.643. The van der Waals surface area contributed by atoms with Crippen LogP contribution in [0.15, 0.2) is 0 Å². The Morgan fingerprint density at radius 3 is 0.800 bits per heavy atom. The molecule has 0 amide bonds. The highest BCUT2D eigenvalue weighted by Crippen LogP contribution is 2.13. The van der Waals surface area contributed by atoms with Crippen LogP contribution in [0.2, 0.25) is 0 Å². The molecule has 0 aromatic rings. The molecule has 0 aliphatic carbocycles. The summed E-state index contributed by atoms with van der Waals surface area (Å²) >= 11 is 0. The zero-order chi connectivity index (χ0) is 23.9. The molecule has 3 unspecified atom stereocenters. The molecule has 0 bridgehead atoms. The zero-order valence-electron chi connectivity index (χ0n) is 20.3. The summed E-state index contributed by atoms with van der Waals surface area (Å²) in [4.78, 5) is 31.3. The van der Waals surface area contributed by atoms with Crippen molar-refractivity contribution in [3.05, 3.63) is 0 Å². The van der Waals surface area contributed by atoms with Crippen molar-refractivity contribution in [3.8, 4) is 0 Å². The van der Waals surface area contributed by atoms with E-state index >= 15 is 0 Å². The van der Waals surface area contributed by atoms with E-state index in [2.05, 4.69) is 20.8 Å². The number of unbranched alkanes of at least 4 members (excludes halogenated alkanes) is 3. The van der Waals surface area contributed by atoms with Crippen LogP contribution in [0.5, 0.6) is 0 Å². The average molecular weight is 433 g/mol. The van der Waals surface area contributed by atoms with E-state index in [1.165, 1.54) is 0 Å². The van der Waals surface area contributed by atoms with Crippen LogP contribution >= 0.6 is 0 Å². The summed E-state index contributed by atoms with van der Waals surface area (Å²) in [6.45, 7) is 12.0. The molecule has 0 aliphatic heterocycles. The third kappa shape index (κ3) is 21.1. The molecule has 0 heterocycles. The zero-order valence-corrected chi connectivity index (χ0v) is 20.3. The first-order valence-corrected chi connectivity index (χ1v) is 11.8. The minimum absolute atomic E-state index is 0.111. The third-order valence-corrected chi connectivity index (χ3v) is 5.24. The van der Waals surface area contributed by atoms with Crippen molar-refractivity contribution < 1.29 is 29.7 Å². The lowest BCUT2D eigenvalue weighted by molar-refractivity contribution is -0.143. The summed E-state index contributed by atoms with van der Waals surface area (Å²) in [7, 11) is 0. The standard InChI is InChI=1S/3C8H16O2/c3*1-3-5-6-7(4-2)8(9)10/h3*7H,3-6H2,1-2H3,(H,9,10). The third-order valence-electron chi connectivity index (χ3n) is 5.24. The Morgan fingerprint density at radius 1 is 0.500 bits per heavy atom. The molecule has 3 N–H and O–H groups in total. The van der Waals surface area contributed by atoms with E-state index in [0.29, 0.717) is 0 Å². The van der Waals surface area contributed by atoms with Crippen LogP contribution in [-0.4, -0.2) is 33.2 Å². The summed E-state index contributed by atoms with van der Waals surface area (Å²) in [6, 6.07) is 0. The quantitative estimate of drug-likeness (QED) is 0.260. The molecule has 6 nitrogen and oxygen atoms in total. The topological polar surface area (TPSA) is 112 Å². The van der Waals surface area contributed by atoms with Crippen LogP contribution in [0.4, 0.5) is 0 Å². The predicted octanol–water partition coefficient (Wildman–Crippen LogP) is 6.86. The second kappa shape index (κ2) is 23.7. The Hall–Kier alpha value is -1.59. The van der Waals surface area contributed by atoms with E-state index in [1.54, 1.807) is 0 Å². The first-order chi connectivity index (χ1) is 14.2. The van der Waals surface area contributed by atoms with Crippen LogP contribution in [0.25, 0.3) is 0 Å². The van der Waals surface area contributed by atoms with Crippen LogP contribution < -0.4 is 0 Å². The highest BCUT2D eigenvalue weighted by atomic mass is 16.4. The molecule has 0 saturated carbocycles. The molecule has 0 aromatic heterocycles. The molecular weight excluding hydrogens is 384 g/mol. The van der Waals surface area contributed by atoms with E-state index in [4.69, 9.17) is 15.3 Å². The Morgan fingerprint density at radius 2 is 0.700 bits per heavy atom. The fourth-order valence-corrected chi connectivity index (χ4v) is 2.86. The molecule has 0 fully saturated rings. The molecule has 0 aliphatic rings. The maximum absolute atomic E-state index is 10.4. The number of hydrogen-bond acceptors (Lipinski definition) is 3. The van der Waals surface area contributed by atoms with Gasteiger partial charge in [0.15, 0.2) is 0 Å². The van der Waals surface area contributed by atoms with Crippen molar-refractivity contribution in [2.24, 2.45) is 17.8 Å². The summed E-state index contributed by atoms with van der Waals surface area (Å²) in [6.07, 6.45) is 11.1. The number of carbonyl (C=O) groups is 3. The van der Waals surface area contributed by atoms with Crippen LogP contribution in [0.1, 0.15) is 119 Å². The van der Waals surface area contributed by atoms with Gasteiger partial charge in [0.25, 0.3) is 0 Å². The second-order valence-electron chi connectivity index (χ2n) is 7.76. The fourth-order valence-electron chi connectivity index (χ4n) is 2.86. The van der Waals surface area contributed by atoms with Gasteiger partial charge in [0.2, 0.25) is 0 Å². The molecule has 30 heavy (non-hydrogen) atoms. The maximum atomic E-state index is 10.4. The van der Waals surface area contributed by atoms with Gasteiger partial charge in [-0.25, -0.2) is 0 Å². The molecule has 0 aromatic carbocycles. The largest absolute Gasteiger partial charge is 0.481 e. The molecule has 0 saturated heterocycles. The maximum Gasteiger partial charge on any atom is 0.306 e. The van der Waals surface area contributed by atoms with Crippen LogP contribution in [0.3, 0.4) is 0 Å². The molecule has 0 spiro atoms. The Labute approximate surface area is 184 Å². The summed E-state index contributed by atoms with van der Waals surface area (Å²) in [5.74, 6) is -2.26. The first kappa shape index (κ1) is 33.1. The van der Waals surface area contributed by atoms with Crippen LogP contribution in [0, 0.1) is 17.8 Å². The number of rotatable bonds is 15. The molecule has 0 rings (SSSR count). The molecule has 0 radical (unpaired) electrons. The fraction of sp³-hybridized carbons (Fsp3) is 0.875. The predicted molar refractivity (Wildman–Crippen MR) is 123 cm³/mol. The van der Waals surface area contributed by atoms with Crippen molar-refractivity contribution >= 4 is 17.9 Å². The van der Waals surface area contributed by atoms with Crippen molar-refractivity contribution in [2.75, 3.05) is 0 Å². The van der Waals surface area contributed by atoms with Gasteiger partial charge in [-0.05, 0) is 38.5 Å². The van der Waals surface area contributed by atoms with Crippen LogP contribution in [-0.2, 0) is 14.4 Å². The number of hydrogen-bond donors (Lipinski definition) is 3. The number of carboxylic acid groups (broad SMARTS) is 3. The Bertz CT molecular complexity index is 360. The van der Waals surface area contributed by atoms with Gasteiger partial charge in [-0.3, -0.25) is 14.4 Å². The highest BCUT2D eigenvalue weighted by Gasteiger charge is 2.14. The smallest absolute Gasteiger partial charge is 0.306 e. The summed E-state index contributed by atoms with van der Waals surface area (Å²) in [5, 5.41) is 25.8. The van der Waals surface area contributed by atoms with Crippen molar-refractivity contribution in [1.82, 2.24) is 0 Å². The lowest BCUT2D eigenvalue weighted by Gasteiger charge is -2.06. The molecular formula is C24H48O6. The lowest BCUT2D eigenvalue weighted by Crippen LogP contribution is -2.11. The van der Waals surface area contributed by atoms with Gasteiger partial charge in [-0.2, -0.15) is 0 Å². The van der Waals surface area contributed by atoms with Gasteiger partial charge < -0.3 is 15.3 Å². The van der Waals surface area contributed by atoms with Gasteiger partial charge >= 0.3 is 17.9 Å². The van der Waals surface area contributed by atoms with E-state index in [9.17, 15) is 14.4 Å². The van der Waals surface area contributed by atoms with E-state index in [0.717, 1.165) is 77.0 Å². The Balaban J connectivity index is -0.000000364. The van der Waals surface area contributed by atoms with Gasteiger partial charge in [-0.1, -0.05) is 80.1 Å². The SMILES string of the molecule is CCCCC(CC)C(=O)O.CCCCC(CC)C(=O)O.CCCCC(CC)C(=O)O. The highest BCUT2D eigenvalue weighted by molar-refractivity contribution is 5.70. The lowest BCUT2D eigenvalue weighted by atomic mass is 10.00. The first-order valence-electron chi connectivity index (χ1n) is 11.8. The number of aliphatic carboxylic acids is 3. The van der Waals surface area contributed by atoms with E-state index in [1.807, 2.05) is 20.8 Å². The van der Waals surface area contributed by atoms with Gasteiger partial charge in [-0.15, -0.1) is 0 Å². The average Bonchev–Trinajstić information content (AvgIpc) is 2.70. The summed E-state index contributed by atoms with van der Waals surface area (Å²) in [5.41, 5.74) is 0. The molecule has 6 heteroatoms. The van der Waals surface area contributed by atoms with E-state index in [-0.39, 0.29) is 17.8 Å². The van der Waals surface area contributed by atoms with Crippen molar-refractivity contribution in [1.29, 1.82) is 0 Å². The van der Waals surface area contributed by atoms with Gasteiger partial charge in [0.1, 0.15) is 0 Å². The summed E-state index contributed by atoms with van der Waals surface area (Å²) < 4.78 is 0. The van der Waals surface area contributed by atoms with E-state index < -0.39 is 17.9 Å². The normalized spacial score (nSPS) is 13.0. The number of carboxylic acids is 3. The van der Waals surface area contributed by atoms with Gasteiger partial charge in [0.05, 0.1) is 17.8 Å². The monoisotopic (exact) mass is 432 g/mol.